The van der Waals surface area contributed by atoms with Crippen LogP contribution in [0.25, 0.3) is 0 Å². The highest BCUT2D eigenvalue weighted by molar-refractivity contribution is 7.15. The number of nitrogens with zero attached hydrogens (tertiary/aromatic N) is 2. The van der Waals surface area contributed by atoms with Crippen LogP contribution in [-0.4, -0.2) is 27.3 Å². The number of aliphatic hydroxyl groups is 1. The molecular formula is C16H19N3O2S. The van der Waals surface area contributed by atoms with Crippen molar-refractivity contribution in [3.05, 3.63) is 40.9 Å². The molecule has 0 saturated heterocycles. The Morgan fingerprint density at radius 2 is 1.91 bits per heavy atom. The largest absolute Gasteiger partial charge is 0.393 e. The number of nitrogens with one attached hydrogen (secondary N) is 1. The first-order valence-corrected chi connectivity index (χ1v) is 8.39. The summed E-state index contributed by atoms with van der Waals surface area (Å²) < 4.78 is 0. The van der Waals surface area contributed by atoms with Crippen molar-refractivity contribution >= 4 is 22.4 Å². The van der Waals surface area contributed by atoms with Gasteiger partial charge in [0.15, 0.2) is 0 Å². The van der Waals surface area contributed by atoms with Crippen molar-refractivity contribution < 1.29 is 9.90 Å². The zero-order valence-corrected chi connectivity index (χ0v) is 13.1. The van der Waals surface area contributed by atoms with Gasteiger partial charge in [-0.3, -0.25) is 10.1 Å². The van der Waals surface area contributed by atoms with Crippen LogP contribution in [0.5, 0.6) is 0 Å². The molecule has 5 nitrogen and oxygen atoms in total. The summed E-state index contributed by atoms with van der Waals surface area (Å²) in [6.45, 7) is 0. The Hall–Kier alpha value is -1.79. The average molecular weight is 317 g/mol. The van der Waals surface area contributed by atoms with Gasteiger partial charge in [-0.05, 0) is 43.7 Å². The molecule has 0 atom stereocenters. The third-order valence-electron chi connectivity index (χ3n) is 4.00. The number of carbonyl (C=O) groups excluding carboxylic acids is 1. The first-order chi connectivity index (χ1) is 10.7. The Kier molecular flexibility index (Phi) is 4.80. The number of amides is 1. The van der Waals surface area contributed by atoms with Crippen LogP contribution in [0.4, 0.5) is 5.13 Å². The lowest BCUT2D eigenvalue weighted by Gasteiger charge is -2.24. The van der Waals surface area contributed by atoms with Crippen LogP contribution < -0.4 is 5.32 Å². The van der Waals surface area contributed by atoms with E-state index < -0.39 is 0 Å². The molecule has 1 amide bonds. The van der Waals surface area contributed by atoms with Gasteiger partial charge in [-0.15, -0.1) is 10.2 Å². The van der Waals surface area contributed by atoms with Gasteiger partial charge in [-0.1, -0.05) is 29.5 Å². The highest BCUT2D eigenvalue weighted by atomic mass is 32.1. The summed E-state index contributed by atoms with van der Waals surface area (Å²) in [4.78, 5) is 12.0. The van der Waals surface area contributed by atoms with Crippen LogP contribution in [0.2, 0.25) is 0 Å². The number of anilines is 1. The van der Waals surface area contributed by atoms with Gasteiger partial charge < -0.3 is 5.11 Å². The molecule has 0 unspecified atom stereocenters. The SMILES string of the molecule is O=C(Nc1nnc(CC2CCC(O)CC2)s1)c1ccccc1. The minimum atomic E-state index is -0.163. The monoisotopic (exact) mass is 317 g/mol. The molecule has 1 fully saturated rings. The van der Waals surface area contributed by atoms with Gasteiger partial charge in [0.25, 0.3) is 5.91 Å². The average Bonchev–Trinajstić information content (AvgIpc) is 2.97. The molecule has 2 aromatic rings. The first-order valence-electron chi connectivity index (χ1n) is 7.57. The van der Waals surface area contributed by atoms with E-state index in [9.17, 15) is 9.90 Å². The van der Waals surface area contributed by atoms with E-state index in [0.29, 0.717) is 16.6 Å². The van der Waals surface area contributed by atoms with E-state index in [1.807, 2.05) is 18.2 Å². The molecule has 6 heteroatoms. The van der Waals surface area contributed by atoms with Crippen LogP contribution in [0.3, 0.4) is 0 Å². The second-order valence-corrected chi connectivity index (χ2v) is 6.76. The Morgan fingerprint density at radius 3 is 2.64 bits per heavy atom. The fraction of sp³-hybridized carbons (Fsp3) is 0.438. The van der Waals surface area contributed by atoms with Crippen LogP contribution in [0.15, 0.2) is 30.3 Å². The number of benzene rings is 1. The van der Waals surface area contributed by atoms with Gasteiger partial charge in [0.1, 0.15) is 5.01 Å². The standard InChI is InChI=1S/C16H19N3O2S/c20-13-8-6-11(7-9-13)10-14-18-19-16(22-14)17-15(21)12-4-2-1-3-5-12/h1-5,11,13,20H,6-10H2,(H,17,19,21). The Labute approximate surface area is 133 Å². The van der Waals surface area contributed by atoms with E-state index in [1.54, 1.807) is 12.1 Å². The highest BCUT2D eigenvalue weighted by Crippen LogP contribution is 2.29. The predicted octanol–water partition coefficient (Wildman–Crippen LogP) is 2.88. The number of hydrogen-bond acceptors (Lipinski definition) is 5. The third-order valence-corrected chi connectivity index (χ3v) is 4.86. The maximum Gasteiger partial charge on any atom is 0.257 e. The maximum atomic E-state index is 12.0. The molecule has 1 saturated carbocycles. The summed E-state index contributed by atoms with van der Waals surface area (Å²) in [5, 5.41) is 22.0. The predicted molar refractivity (Wildman–Crippen MR) is 86.0 cm³/mol. The minimum absolute atomic E-state index is 0.133. The first kappa shape index (κ1) is 15.1. The Balaban J connectivity index is 1.56. The second kappa shape index (κ2) is 6.98. The summed E-state index contributed by atoms with van der Waals surface area (Å²) in [5.74, 6) is 0.401. The lowest BCUT2D eigenvalue weighted by Crippen LogP contribution is -2.19. The van der Waals surface area contributed by atoms with Crippen molar-refractivity contribution in [1.29, 1.82) is 0 Å². The molecule has 0 bridgehead atoms. The Morgan fingerprint density at radius 1 is 1.18 bits per heavy atom. The molecule has 0 spiro atoms. The smallest absolute Gasteiger partial charge is 0.257 e. The molecule has 1 aliphatic rings. The van der Waals surface area contributed by atoms with Crippen LogP contribution >= 0.6 is 11.3 Å². The number of aromatic nitrogens is 2. The highest BCUT2D eigenvalue weighted by Gasteiger charge is 2.21. The molecule has 0 aliphatic heterocycles. The lowest BCUT2D eigenvalue weighted by molar-refractivity contribution is 0.102. The third kappa shape index (κ3) is 3.90. The zero-order chi connectivity index (χ0) is 15.4. The number of carbonyl (C=O) groups is 1. The van der Waals surface area contributed by atoms with Crippen LogP contribution in [0, 0.1) is 5.92 Å². The van der Waals surface area contributed by atoms with E-state index in [2.05, 4.69) is 15.5 Å². The molecule has 2 N–H and O–H groups in total. The topological polar surface area (TPSA) is 75.1 Å². The van der Waals surface area contributed by atoms with Crippen molar-refractivity contribution in [1.82, 2.24) is 10.2 Å². The van der Waals surface area contributed by atoms with E-state index >= 15 is 0 Å². The number of hydrogen-bond donors (Lipinski definition) is 2. The van der Waals surface area contributed by atoms with Crippen molar-refractivity contribution in [3.63, 3.8) is 0 Å². The lowest BCUT2D eigenvalue weighted by atomic mass is 9.86. The van der Waals surface area contributed by atoms with Gasteiger partial charge in [-0.25, -0.2) is 0 Å². The van der Waals surface area contributed by atoms with Crippen LogP contribution in [-0.2, 0) is 6.42 Å². The minimum Gasteiger partial charge on any atom is -0.393 e. The molecular weight excluding hydrogens is 298 g/mol. The molecule has 1 aliphatic carbocycles. The van der Waals surface area contributed by atoms with E-state index in [-0.39, 0.29) is 12.0 Å². The van der Waals surface area contributed by atoms with Crippen molar-refractivity contribution in [2.45, 2.75) is 38.2 Å². The molecule has 22 heavy (non-hydrogen) atoms. The van der Waals surface area contributed by atoms with Crippen molar-refractivity contribution in [2.24, 2.45) is 5.92 Å². The summed E-state index contributed by atoms with van der Waals surface area (Å²) >= 11 is 1.43. The van der Waals surface area contributed by atoms with Gasteiger partial charge in [0.05, 0.1) is 6.10 Å². The van der Waals surface area contributed by atoms with E-state index in [1.165, 1.54) is 11.3 Å². The van der Waals surface area contributed by atoms with E-state index in [4.69, 9.17) is 0 Å². The number of rotatable bonds is 4. The van der Waals surface area contributed by atoms with E-state index in [0.717, 1.165) is 37.1 Å². The fourth-order valence-electron chi connectivity index (χ4n) is 2.74. The summed E-state index contributed by atoms with van der Waals surface area (Å²) in [6.07, 6.45) is 4.57. The van der Waals surface area contributed by atoms with Gasteiger partial charge in [-0.2, -0.15) is 0 Å². The molecule has 0 radical (unpaired) electrons. The molecule has 1 heterocycles. The summed E-state index contributed by atoms with van der Waals surface area (Å²) in [7, 11) is 0. The quantitative estimate of drug-likeness (QED) is 0.909. The van der Waals surface area contributed by atoms with Crippen molar-refractivity contribution in [2.75, 3.05) is 5.32 Å². The number of aliphatic hydroxyl groups excluding tert-OH is 1. The zero-order valence-electron chi connectivity index (χ0n) is 12.2. The van der Waals surface area contributed by atoms with Gasteiger partial charge >= 0.3 is 0 Å². The summed E-state index contributed by atoms with van der Waals surface area (Å²) in [6, 6.07) is 9.08. The second-order valence-electron chi connectivity index (χ2n) is 5.70. The molecule has 1 aromatic carbocycles. The van der Waals surface area contributed by atoms with Gasteiger partial charge in [0.2, 0.25) is 5.13 Å². The van der Waals surface area contributed by atoms with Crippen LogP contribution in [0.1, 0.15) is 41.0 Å². The van der Waals surface area contributed by atoms with Gasteiger partial charge in [0, 0.05) is 12.0 Å². The fourth-order valence-corrected chi connectivity index (χ4v) is 3.59. The normalized spacial score (nSPS) is 21.5. The Bertz CT molecular complexity index is 621. The van der Waals surface area contributed by atoms with Crippen molar-refractivity contribution in [3.8, 4) is 0 Å². The molecule has 1 aromatic heterocycles. The summed E-state index contributed by atoms with van der Waals surface area (Å²) in [5.41, 5.74) is 0.612. The molecule has 116 valence electrons. The molecule has 3 rings (SSSR count). The maximum absolute atomic E-state index is 12.0.